The first-order valence-electron chi connectivity index (χ1n) is 9.46. The lowest BCUT2D eigenvalue weighted by molar-refractivity contribution is -0.126. The lowest BCUT2D eigenvalue weighted by Crippen LogP contribution is -2.47. The van der Waals surface area contributed by atoms with E-state index in [0.29, 0.717) is 0 Å². The average Bonchev–Trinajstić information content (AvgIpc) is 3.40. The number of nitrogens with zero attached hydrogens (tertiary/aromatic N) is 2. The topological polar surface area (TPSA) is 90.0 Å². The lowest BCUT2D eigenvalue weighted by atomic mass is 9.98. The second-order valence-electron chi connectivity index (χ2n) is 6.80. The molecule has 0 saturated carbocycles. The highest BCUT2D eigenvalue weighted by Gasteiger charge is 2.22. The van der Waals surface area contributed by atoms with Crippen LogP contribution in [0.25, 0.3) is 22.3 Å². The van der Waals surface area contributed by atoms with E-state index in [4.69, 9.17) is 10.8 Å². The van der Waals surface area contributed by atoms with E-state index in [1.807, 2.05) is 67.9 Å². The zero-order chi connectivity index (χ0) is 20.8. The first-order chi connectivity index (χ1) is 14.0. The Morgan fingerprint density at radius 3 is 2.62 bits per heavy atom. The molecule has 0 saturated heterocycles. The van der Waals surface area contributed by atoms with Crippen molar-refractivity contribution in [3.05, 3.63) is 65.7 Å². The molecule has 0 radical (unpaired) electrons. The summed E-state index contributed by atoms with van der Waals surface area (Å²) < 4.78 is 1.79. The van der Waals surface area contributed by atoms with Crippen molar-refractivity contribution in [1.29, 1.82) is 0 Å². The number of amides is 2. The number of hydrogen-bond acceptors (Lipinski definition) is 4. The molecule has 3 rings (SSSR count). The number of aromatic nitrogens is 2. The number of thiophene rings is 1. The molecule has 150 valence electrons. The van der Waals surface area contributed by atoms with E-state index in [-0.39, 0.29) is 11.8 Å². The molecule has 0 aliphatic heterocycles. The molecule has 3 N–H and O–H groups in total. The number of nitrogens with one attached hydrogen (secondary N) is 1. The van der Waals surface area contributed by atoms with E-state index < -0.39 is 11.9 Å². The average molecular weight is 409 g/mol. The third-order valence-corrected chi connectivity index (χ3v) is 5.63. The van der Waals surface area contributed by atoms with Gasteiger partial charge in [-0.3, -0.25) is 9.59 Å². The van der Waals surface area contributed by atoms with Gasteiger partial charge in [-0.25, -0.2) is 4.68 Å². The Balaban J connectivity index is 1.86. The van der Waals surface area contributed by atoms with Crippen LogP contribution in [0.5, 0.6) is 0 Å². The third-order valence-electron chi connectivity index (χ3n) is 4.75. The highest BCUT2D eigenvalue weighted by Crippen LogP contribution is 2.28. The molecule has 0 fully saturated rings. The highest BCUT2D eigenvalue weighted by atomic mass is 32.1. The summed E-state index contributed by atoms with van der Waals surface area (Å²) in [4.78, 5) is 25.1. The summed E-state index contributed by atoms with van der Waals surface area (Å²) in [5.41, 5.74) is 7.97. The Morgan fingerprint density at radius 1 is 1.24 bits per heavy atom. The van der Waals surface area contributed by atoms with Crippen molar-refractivity contribution in [2.45, 2.75) is 26.3 Å². The minimum absolute atomic E-state index is 0.0349. The number of nitrogens with two attached hydrogens (primary N) is 1. The van der Waals surface area contributed by atoms with Gasteiger partial charge >= 0.3 is 0 Å². The van der Waals surface area contributed by atoms with Gasteiger partial charge in [0.15, 0.2) is 0 Å². The molecule has 0 bridgehead atoms. The normalized spacial score (nSPS) is 13.3. The van der Waals surface area contributed by atoms with Crippen molar-refractivity contribution in [2.75, 3.05) is 0 Å². The molecule has 0 spiro atoms. The highest BCUT2D eigenvalue weighted by molar-refractivity contribution is 7.13. The molecule has 2 atom stereocenters. The van der Waals surface area contributed by atoms with E-state index >= 15 is 0 Å². The molecule has 3 aromatic rings. The van der Waals surface area contributed by atoms with Crippen molar-refractivity contribution < 1.29 is 9.59 Å². The van der Waals surface area contributed by atoms with Crippen LogP contribution < -0.4 is 11.1 Å². The molecule has 2 aromatic heterocycles. The molecule has 0 aliphatic carbocycles. The van der Waals surface area contributed by atoms with E-state index in [0.717, 1.165) is 28.2 Å². The summed E-state index contributed by atoms with van der Waals surface area (Å²) in [7, 11) is 0. The van der Waals surface area contributed by atoms with E-state index in [2.05, 4.69) is 5.32 Å². The summed E-state index contributed by atoms with van der Waals surface area (Å²) in [5.74, 6) is -0.927. The Kier molecular flexibility index (Phi) is 6.61. The van der Waals surface area contributed by atoms with Gasteiger partial charge in [0.05, 0.1) is 10.6 Å². The fourth-order valence-electron chi connectivity index (χ4n) is 2.92. The second kappa shape index (κ2) is 9.34. The van der Waals surface area contributed by atoms with E-state index in [1.54, 1.807) is 22.1 Å². The van der Waals surface area contributed by atoms with Crippen LogP contribution in [0.1, 0.15) is 25.8 Å². The van der Waals surface area contributed by atoms with Crippen LogP contribution in [0, 0.1) is 5.92 Å². The molecule has 2 heterocycles. The van der Waals surface area contributed by atoms with Gasteiger partial charge < -0.3 is 11.1 Å². The van der Waals surface area contributed by atoms with Crippen molar-refractivity contribution in [3.63, 3.8) is 0 Å². The molecule has 7 heteroatoms. The van der Waals surface area contributed by atoms with Crippen molar-refractivity contribution in [2.24, 2.45) is 11.7 Å². The number of para-hydroxylation sites is 1. The molecule has 2 unspecified atom stereocenters. The smallest absolute Gasteiger partial charge is 0.244 e. The molecule has 6 nitrogen and oxygen atoms in total. The van der Waals surface area contributed by atoms with E-state index in [1.165, 1.54) is 6.08 Å². The van der Waals surface area contributed by atoms with Crippen LogP contribution in [0.15, 0.2) is 60.1 Å². The first-order valence-corrected chi connectivity index (χ1v) is 10.3. The predicted octanol–water partition coefficient (Wildman–Crippen LogP) is 3.63. The quantitative estimate of drug-likeness (QED) is 0.558. The largest absolute Gasteiger partial charge is 0.368 e. The maximum atomic E-state index is 12.4. The van der Waals surface area contributed by atoms with Crippen LogP contribution in [0.2, 0.25) is 0 Å². The van der Waals surface area contributed by atoms with Gasteiger partial charge in [0.1, 0.15) is 11.7 Å². The van der Waals surface area contributed by atoms with Gasteiger partial charge in [0, 0.05) is 17.8 Å². The summed E-state index contributed by atoms with van der Waals surface area (Å²) in [6, 6.07) is 13.0. The first kappa shape index (κ1) is 20.5. The zero-order valence-corrected chi connectivity index (χ0v) is 17.2. The van der Waals surface area contributed by atoms with Gasteiger partial charge in [-0.15, -0.1) is 11.3 Å². The standard InChI is InChI=1S/C22H24N4O2S/c1-3-15(2)20(22(23)28)24-19(27)12-11-16-14-26(17-8-5-4-6-9-17)25-21(16)18-10-7-13-29-18/h4-15,20H,3H2,1-2H3,(H2,23,28)(H,24,27)/b12-11+. The minimum atomic E-state index is -0.694. The Labute approximate surface area is 174 Å². The van der Waals surface area contributed by atoms with Crippen molar-refractivity contribution in [1.82, 2.24) is 15.1 Å². The Morgan fingerprint density at radius 2 is 2.00 bits per heavy atom. The van der Waals surface area contributed by atoms with Crippen LogP contribution >= 0.6 is 11.3 Å². The van der Waals surface area contributed by atoms with E-state index in [9.17, 15) is 9.59 Å². The number of primary amides is 1. The second-order valence-corrected chi connectivity index (χ2v) is 7.75. The van der Waals surface area contributed by atoms with Gasteiger partial charge in [-0.05, 0) is 35.6 Å². The van der Waals surface area contributed by atoms with Gasteiger partial charge in [-0.2, -0.15) is 5.10 Å². The molecule has 29 heavy (non-hydrogen) atoms. The summed E-state index contributed by atoms with van der Waals surface area (Å²) >= 11 is 1.58. The predicted molar refractivity (Wildman–Crippen MR) is 116 cm³/mol. The van der Waals surface area contributed by atoms with Crippen molar-refractivity contribution >= 4 is 29.2 Å². The number of benzene rings is 1. The maximum Gasteiger partial charge on any atom is 0.244 e. The fourth-order valence-corrected chi connectivity index (χ4v) is 3.65. The molecular weight excluding hydrogens is 384 g/mol. The monoisotopic (exact) mass is 408 g/mol. The number of hydrogen-bond donors (Lipinski definition) is 2. The number of carbonyl (C=O) groups excluding carboxylic acids is 2. The Hall–Kier alpha value is -3.19. The minimum Gasteiger partial charge on any atom is -0.368 e. The van der Waals surface area contributed by atoms with Crippen molar-refractivity contribution in [3.8, 4) is 16.3 Å². The number of rotatable bonds is 8. The van der Waals surface area contributed by atoms with Crippen LogP contribution in [0.4, 0.5) is 0 Å². The van der Waals surface area contributed by atoms with Gasteiger partial charge in [-0.1, -0.05) is 44.5 Å². The molecule has 1 aromatic carbocycles. The van der Waals surface area contributed by atoms with Crippen LogP contribution in [0.3, 0.4) is 0 Å². The Bertz CT molecular complexity index is 993. The van der Waals surface area contributed by atoms with Crippen LogP contribution in [-0.4, -0.2) is 27.6 Å². The summed E-state index contributed by atoms with van der Waals surface area (Å²) in [6.45, 7) is 3.84. The summed E-state index contributed by atoms with van der Waals surface area (Å²) in [6.07, 6.45) is 5.76. The fraction of sp³-hybridized carbons (Fsp3) is 0.227. The van der Waals surface area contributed by atoms with Gasteiger partial charge in [0.2, 0.25) is 11.8 Å². The van der Waals surface area contributed by atoms with Gasteiger partial charge in [0.25, 0.3) is 0 Å². The van der Waals surface area contributed by atoms with Crippen LogP contribution in [-0.2, 0) is 9.59 Å². The SMILES string of the molecule is CCC(C)C(NC(=O)/C=C/c1cn(-c2ccccc2)nc1-c1cccs1)C(N)=O. The molecule has 0 aliphatic rings. The number of carbonyl (C=O) groups is 2. The zero-order valence-electron chi connectivity index (χ0n) is 16.4. The summed E-state index contributed by atoms with van der Waals surface area (Å²) in [5, 5.41) is 9.39. The third kappa shape index (κ3) is 5.00. The lowest BCUT2D eigenvalue weighted by Gasteiger charge is -2.20. The molecular formula is C22H24N4O2S. The molecule has 2 amide bonds. The maximum absolute atomic E-state index is 12.4.